The Balaban J connectivity index is 1.51. The van der Waals surface area contributed by atoms with Crippen molar-refractivity contribution in [3.05, 3.63) is 86.7 Å². The van der Waals surface area contributed by atoms with Gasteiger partial charge in [0.25, 0.3) is 11.1 Å². The Morgan fingerprint density at radius 3 is 2.67 bits per heavy atom. The average molecular weight is 528 g/mol. The summed E-state index contributed by atoms with van der Waals surface area (Å²) < 4.78 is 21.4. The highest BCUT2D eigenvalue weighted by atomic mass is 35.5. The van der Waals surface area contributed by atoms with E-state index >= 15 is 0 Å². The number of esters is 1. The lowest BCUT2D eigenvalue weighted by atomic mass is 10.1. The lowest BCUT2D eigenvalue weighted by Gasteiger charge is -2.14. The van der Waals surface area contributed by atoms with Gasteiger partial charge in [-0.15, -0.1) is 0 Å². The summed E-state index contributed by atoms with van der Waals surface area (Å²) in [5, 5.41) is -0.156. The highest BCUT2D eigenvalue weighted by Gasteiger charge is 2.36. The molecule has 0 aliphatic carbocycles. The van der Waals surface area contributed by atoms with E-state index in [9.17, 15) is 14.4 Å². The molecule has 0 atom stereocenters. The zero-order chi connectivity index (χ0) is 25.8. The van der Waals surface area contributed by atoms with Crippen LogP contribution < -0.4 is 9.47 Å². The quantitative estimate of drug-likeness (QED) is 0.266. The number of hydrogen-bond acceptors (Lipinski definition) is 8. The number of methoxy groups -OCH3 is 2. The van der Waals surface area contributed by atoms with E-state index in [4.69, 9.17) is 25.5 Å². The Bertz CT molecular complexity index is 1360. The largest absolute Gasteiger partial charge is 0.493 e. The number of halogens is 1. The topological polar surface area (TPSA) is 95.3 Å². The number of carbonyl (C=O) groups is 3. The van der Waals surface area contributed by atoms with Gasteiger partial charge in [-0.3, -0.25) is 14.5 Å². The number of amides is 2. The fourth-order valence-corrected chi connectivity index (χ4v) is 4.65. The first kappa shape index (κ1) is 25.4. The first-order valence-corrected chi connectivity index (χ1v) is 12.0. The third kappa shape index (κ3) is 5.58. The number of carbonyl (C=O) groups excluding carboxylic acids is 3. The number of furan rings is 1. The van der Waals surface area contributed by atoms with E-state index in [0.29, 0.717) is 28.7 Å². The summed E-state index contributed by atoms with van der Waals surface area (Å²) in [5.74, 6) is -0.0970. The zero-order valence-electron chi connectivity index (χ0n) is 19.7. The molecule has 1 saturated heterocycles. The van der Waals surface area contributed by atoms with Crippen LogP contribution >= 0.6 is 23.4 Å². The molecule has 2 heterocycles. The summed E-state index contributed by atoms with van der Waals surface area (Å²) in [4.78, 5) is 38.2. The van der Waals surface area contributed by atoms with Gasteiger partial charge in [-0.05, 0) is 60.2 Å². The van der Waals surface area contributed by atoms with Crippen LogP contribution in [0, 0.1) is 6.92 Å². The number of nitrogens with zero attached hydrogens (tertiary/aromatic N) is 1. The molecule has 0 spiro atoms. The molecule has 1 aromatic heterocycles. The molecule has 2 amide bonds. The molecule has 8 nitrogen and oxygen atoms in total. The van der Waals surface area contributed by atoms with Crippen molar-refractivity contribution in [2.75, 3.05) is 14.2 Å². The molecule has 0 unspecified atom stereocenters. The summed E-state index contributed by atoms with van der Waals surface area (Å²) in [6.45, 7) is 2.19. The van der Waals surface area contributed by atoms with Gasteiger partial charge in [0, 0.05) is 0 Å². The zero-order valence-corrected chi connectivity index (χ0v) is 21.3. The molecule has 4 rings (SSSR count). The van der Waals surface area contributed by atoms with Crippen molar-refractivity contribution in [1.29, 1.82) is 0 Å². The highest BCUT2D eigenvalue weighted by molar-refractivity contribution is 8.18. The summed E-state index contributed by atoms with van der Waals surface area (Å²) in [6.07, 6.45) is 1.56. The van der Waals surface area contributed by atoms with E-state index in [2.05, 4.69) is 4.74 Å². The number of benzene rings is 2. The molecule has 2 aromatic carbocycles. The number of thioether (sulfide) groups is 1. The molecule has 1 aliphatic heterocycles. The summed E-state index contributed by atoms with van der Waals surface area (Å²) in [7, 11) is 2.73. The minimum Gasteiger partial charge on any atom is -0.493 e. The van der Waals surface area contributed by atoms with Crippen molar-refractivity contribution in [1.82, 2.24) is 4.90 Å². The smallest absolute Gasteiger partial charge is 0.373 e. The maximum atomic E-state index is 12.9. The molecular weight excluding hydrogens is 506 g/mol. The molecule has 186 valence electrons. The van der Waals surface area contributed by atoms with Gasteiger partial charge in [0.1, 0.15) is 12.4 Å². The number of aryl methyl sites for hydroxylation is 1. The molecule has 10 heteroatoms. The minimum absolute atomic E-state index is 0.0125. The van der Waals surface area contributed by atoms with Gasteiger partial charge in [-0.1, -0.05) is 41.4 Å². The van der Waals surface area contributed by atoms with Crippen molar-refractivity contribution in [2.45, 2.75) is 20.1 Å². The number of ether oxygens (including phenoxy) is 3. The van der Waals surface area contributed by atoms with Crippen molar-refractivity contribution in [3.8, 4) is 11.5 Å². The molecular formula is C26H22ClNO7S. The van der Waals surface area contributed by atoms with E-state index in [1.807, 2.05) is 31.2 Å². The van der Waals surface area contributed by atoms with E-state index in [1.54, 1.807) is 18.2 Å². The monoisotopic (exact) mass is 527 g/mol. The third-order valence-electron chi connectivity index (χ3n) is 5.25. The van der Waals surface area contributed by atoms with Crippen molar-refractivity contribution < 1.29 is 33.0 Å². The third-order valence-corrected chi connectivity index (χ3v) is 6.44. The second-order valence-electron chi connectivity index (χ2n) is 7.84. The Morgan fingerprint density at radius 1 is 1.14 bits per heavy atom. The Hall–Kier alpha value is -3.69. The average Bonchev–Trinajstić information content (AvgIpc) is 3.43. The van der Waals surface area contributed by atoms with Crippen molar-refractivity contribution >= 4 is 46.6 Å². The molecule has 0 saturated carbocycles. The second-order valence-corrected chi connectivity index (χ2v) is 9.24. The molecule has 1 fully saturated rings. The first-order valence-electron chi connectivity index (χ1n) is 10.8. The van der Waals surface area contributed by atoms with Crippen LogP contribution in [-0.4, -0.2) is 36.2 Å². The van der Waals surface area contributed by atoms with E-state index in [1.165, 1.54) is 26.4 Å². The van der Waals surface area contributed by atoms with Crippen LogP contribution in [0.4, 0.5) is 4.79 Å². The fraction of sp³-hybridized carbons (Fsp3) is 0.192. The van der Waals surface area contributed by atoms with Gasteiger partial charge in [0.15, 0.2) is 11.5 Å². The van der Waals surface area contributed by atoms with E-state index in [0.717, 1.165) is 27.8 Å². The second kappa shape index (κ2) is 10.9. The number of rotatable bonds is 8. The normalized spacial score (nSPS) is 14.4. The molecule has 3 aromatic rings. The van der Waals surface area contributed by atoms with Crippen LogP contribution in [0.3, 0.4) is 0 Å². The van der Waals surface area contributed by atoms with Crippen molar-refractivity contribution in [3.63, 3.8) is 0 Å². The molecule has 0 N–H and O–H groups in total. The van der Waals surface area contributed by atoms with Gasteiger partial charge in [0.2, 0.25) is 5.76 Å². The number of imide groups is 1. The Labute approximate surface area is 216 Å². The van der Waals surface area contributed by atoms with Crippen LogP contribution in [0.15, 0.2) is 57.9 Å². The van der Waals surface area contributed by atoms with Crippen LogP contribution in [-0.2, 0) is 22.7 Å². The lowest BCUT2D eigenvalue weighted by Crippen LogP contribution is -2.27. The SMILES string of the molecule is COC(=O)c1ccc(CN2C(=O)S/C(=C/c3cc(Cl)c(OCc4cccc(C)c4)c(OC)c3)C2=O)o1. The standard InChI is InChI=1S/C26H22ClNO7S/c1-15-5-4-6-16(9-15)14-34-23-19(27)10-17(11-21(23)32-2)12-22-24(29)28(26(31)36-22)13-18-7-8-20(35-18)25(30)33-3/h4-12H,13-14H2,1-3H3/b22-12+. The Morgan fingerprint density at radius 2 is 1.94 bits per heavy atom. The van der Waals surface area contributed by atoms with E-state index in [-0.39, 0.29) is 23.0 Å². The molecule has 0 bridgehead atoms. The fourth-order valence-electron chi connectivity index (χ4n) is 3.54. The van der Waals surface area contributed by atoms with Gasteiger partial charge in [-0.2, -0.15) is 0 Å². The summed E-state index contributed by atoms with van der Waals surface area (Å²) in [5.41, 5.74) is 2.67. The predicted octanol–water partition coefficient (Wildman–Crippen LogP) is 5.85. The van der Waals surface area contributed by atoms with Crippen LogP contribution in [0.25, 0.3) is 6.08 Å². The molecule has 1 aliphatic rings. The van der Waals surface area contributed by atoms with Gasteiger partial charge in [0.05, 0.1) is 30.7 Å². The molecule has 0 radical (unpaired) electrons. The van der Waals surface area contributed by atoms with Crippen LogP contribution in [0.2, 0.25) is 5.02 Å². The van der Waals surface area contributed by atoms with Crippen molar-refractivity contribution in [2.24, 2.45) is 0 Å². The summed E-state index contributed by atoms with van der Waals surface area (Å²) in [6, 6.07) is 14.2. The minimum atomic E-state index is -0.646. The van der Waals surface area contributed by atoms with Gasteiger partial charge < -0.3 is 18.6 Å². The van der Waals surface area contributed by atoms with Gasteiger partial charge >= 0.3 is 5.97 Å². The molecule has 36 heavy (non-hydrogen) atoms. The maximum Gasteiger partial charge on any atom is 0.373 e. The lowest BCUT2D eigenvalue weighted by molar-refractivity contribution is -0.123. The van der Waals surface area contributed by atoms with Crippen LogP contribution in [0.1, 0.15) is 33.0 Å². The number of hydrogen-bond donors (Lipinski definition) is 0. The summed E-state index contributed by atoms with van der Waals surface area (Å²) >= 11 is 7.28. The van der Waals surface area contributed by atoms with E-state index < -0.39 is 17.1 Å². The first-order chi connectivity index (χ1) is 17.3. The Kier molecular flexibility index (Phi) is 7.71. The van der Waals surface area contributed by atoms with Crippen LogP contribution in [0.5, 0.6) is 11.5 Å². The predicted molar refractivity (Wildman–Crippen MR) is 135 cm³/mol. The van der Waals surface area contributed by atoms with Gasteiger partial charge in [-0.25, -0.2) is 4.79 Å². The highest BCUT2D eigenvalue weighted by Crippen LogP contribution is 2.39. The maximum absolute atomic E-state index is 12.9.